The highest BCUT2D eigenvalue weighted by Crippen LogP contribution is 2.21. The molecule has 0 unspecified atom stereocenters. The molecule has 1 heterocycles. The van der Waals surface area contributed by atoms with Crippen molar-refractivity contribution in [2.45, 2.75) is 26.4 Å². The molecule has 0 fully saturated rings. The van der Waals surface area contributed by atoms with E-state index in [0.717, 1.165) is 23.6 Å². The third kappa shape index (κ3) is 3.91. The molecular formula is C14H18ClNO. The Balaban J connectivity index is 0.00000144. The number of halogens is 1. The van der Waals surface area contributed by atoms with E-state index in [2.05, 4.69) is 31.3 Å². The molecular weight excluding hydrogens is 234 g/mol. The van der Waals surface area contributed by atoms with Crippen LogP contribution in [0.2, 0.25) is 0 Å². The van der Waals surface area contributed by atoms with Crippen molar-refractivity contribution in [3.8, 4) is 11.3 Å². The van der Waals surface area contributed by atoms with Crippen molar-refractivity contribution in [2.75, 3.05) is 0 Å². The first-order valence-electron chi connectivity index (χ1n) is 5.63. The zero-order valence-electron chi connectivity index (χ0n) is 10.1. The third-order valence-corrected chi connectivity index (χ3v) is 2.40. The van der Waals surface area contributed by atoms with Gasteiger partial charge in [-0.1, -0.05) is 44.2 Å². The Morgan fingerprint density at radius 2 is 1.76 bits per heavy atom. The maximum atomic E-state index is 5.76. The summed E-state index contributed by atoms with van der Waals surface area (Å²) in [5, 5.41) is 3.33. The maximum Gasteiger partial charge on any atom is 0.134 e. The van der Waals surface area contributed by atoms with Crippen molar-refractivity contribution in [1.82, 2.24) is 5.32 Å². The van der Waals surface area contributed by atoms with E-state index < -0.39 is 0 Å². The Labute approximate surface area is 108 Å². The second-order valence-corrected chi connectivity index (χ2v) is 4.17. The lowest BCUT2D eigenvalue weighted by Gasteiger charge is -2.05. The highest BCUT2D eigenvalue weighted by Gasteiger charge is 2.04. The lowest BCUT2D eigenvalue weighted by Crippen LogP contribution is -2.21. The Morgan fingerprint density at radius 3 is 2.41 bits per heavy atom. The van der Waals surface area contributed by atoms with Crippen LogP contribution in [-0.4, -0.2) is 6.04 Å². The van der Waals surface area contributed by atoms with E-state index in [1.54, 1.807) is 0 Å². The van der Waals surface area contributed by atoms with Gasteiger partial charge in [-0.2, -0.15) is 0 Å². The Morgan fingerprint density at radius 1 is 1.06 bits per heavy atom. The minimum absolute atomic E-state index is 0. The van der Waals surface area contributed by atoms with E-state index >= 15 is 0 Å². The molecule has 0 aliphatic carbocycles. The van der Waals surface area contributed by atoms with E-state index in [1.807, 2.05) is 30.3 Å². The molecule has 0 saturated heterocycles. The first-order chi connectivity index (χ1) is 7.75. The van der Waals surface area contributed by atoms with Crippen LogP contribution >= 0.6 is 12.4 Å². The smallest absolute Gasteiger partial charge is 0.134 e. The average molecular weight is 252 g/mol. The van der Waals surface area contributed by atoms with E-state index in [0.29, 0.717) is 6.04 Å². The van der Waals surface area contributed by atoms with E-state index in [1.165, 1.54) is 0 Å². The van der Waals surface area contributed by atoms with Gasteiger partial charge in [0.05, 0.1) is 6.54 Å². The van der Waals surface area contributed by atoms with Crippen LogP contribution in [0.4, 0.5) is 0 Å². The fourth-order valence-corrected chi connectivity index (χ4v) is 1.54. The molecule has 3 heteroatoms. The van der Waals surface area contributed by atoms with Gasteiger partial charge in [0.25, 0.3) is 0 Å². The molecule has 0 spiro atoms. The van der Waals surface area contributed by atoms with Crippen molar-refractivity contribution in [3.63, 3.8) is 0 Å². The van der Waals surface area contributed by atoms with Crippen LogP contribution in [0.3, 0.4) is 0 Å². The summed E-state index contributed by atoms with van der Waals surface area (Å²) in [7, 11) is 0. The van der Waals surface area contributed by atoms with Crippen LogP contribution in [0.5, 0.6) is 0 Å². The molecule has 17 heavy (non-hydrogen) atoms. The Bertz CT molecular complexity index is 436. The molecule has 0 saturated carbocycles. The predicted octanol–water partition coefficient (Wildman–Crippen LogP) is 3.87. The van der Waals surface area contributed by atoms with Crippen LogP contribution in [0.15, 0.2) is 46.9 Å². The van der Waals surface area contributed by atoms with Crippen LogP contribution in [-0.2, 0) is 6.54 Å². The first-order valence-corrected chi connectivity index (χ1v) is 5.63. The van der Waals surface area contributed by atoms with Crippen LogP contribution in [0, 0.1) is 0 Å². The number of hydrogen-bond donors (Lipinski definition) is 1. The fraction of sp³-hybridized carbons (Fsp3) is 0.286. The Kier molecular flexibility index (Phi) is 5.26. The first kappa shape index (κ1) is 13.8. The van der Waals surface area contributed by atoms with Crippen molar-refractivity contribution >= 4 is 12.4 Å². The van der Waals surface area contributed by atoms with Crippen LogP contribution in [0.1, 0.15) is 19.6 Å². The molecule has 1 aromatic carbocycles. The minimum Gasteiger partial charge on any atom is -0.460 e. The fourth-order valence-electron chi connectivity index (χ4n) is 1.54. The monoisotopic (exact) mass is 251 g/mol. The van der Waals surface area contributed by atoms with Gasteiger partial charge in [0, 0.05) is 11.6 Å². The standard InChI is InChI=1S/C14H17NO.ClH/c1-11(2)15-10-13-8-9-14(16-13)12-6-4-3-5-7-12;/h3-9,11,15H,10H2,1-2H3;1H. The number of furan rings is 1. The van der Waals surface area contributed by atoms with Gasteiger partial charge in [-0.15, -0.1) is 12.4 Å². The van der Waals surface area contributed by atoms with Gasteiger partial charge in [-0.3, -0.25) is 0 Å². The number of rotatable bonds is 4. The largest absolute Gasteiger partial charge is 0.460 e. The maximum absolute atomic E-state index is 5.76. The third-order valence-electron chi connectivity index (χ3n) is 2.40. The Hall–Kier alpha value is -1.25. The molecule has 2 nitrogen and oxygen atoms in total. The lowest BCUT2D eigenvalue weighted by atomic mass is 10.2. The van der Waals surface area contributed by atoms with E-state index in [9.17, 15) is 0 Å². The van der Waals surface area contributed by atoms with Gasteiger partial charge in [-0.25, -0.2) is 0 Å². The molecule has 0 atom stereocenters. The molecule has 92 valence electrons. The molecule has 0 aliphatic heterocycles. The second-order valence-electron chi connectivity index (χ2n) is 4.17. The number of hydrogen-bond acceptors (Lipinski definition) is 2. The molecule has 2 aromatic rings. The van der Waals surface area contributed by atoms with E-state index in [-0.39, 0.29) is 12.4 Å². The normalized spacial score (nSPS) is 10.3. The van der Waals surface area contributed by atoms with Gasteiger partial charge in [0.1, 0.15) is 11.5 Å². The SMILES string of the molecule is CC(C)NCc1ccc(-c2ccccc2)o1.Cl. The molecule has 0 radical (unpaired) electrons. The van der Waals surface area contributed by atoms with Crippen LogP contribution in [0.25, 0.3) is 11.3 Å². The average Bonchev–Trinajstić information content (AvgIpc) is 2.76. The topological polar surface area (TPSA) is 25.2 Å². The summed E-state index contributed by atoms with van der Waals surface area (Å²) < 4.78 is 5.76. The van der Waals surface area contributed by atoms with Crippen LogP contribution < -0.4 is 5.32 Å². The van der Waals surface area contributed by atoms with Gasteiger partial charge < -0.3 is 9.73 Å². The summed E-state index contributed by atoms with van der Waals surface area (Å²) in [5.74, 6) is 1.91. The summed E-state index contributed by atoms with van der Waals surface area (Å²) >= 11 is 0. The number of nitrogens with one attached hydrogen (secondary N) is 1. The minimum atomic E-state index is 0. The molecule has 1 N–H and O–H groups in total. The van der Waals surface area contributed by atoms with Gasteiger partial charge in [-0.05, 0) is 12.1 Å². The summed E-state index contributed by atoms with van der Waals surface area (Å²) in [6, 6.07) is 14.7. The quantitative estimate of drug-likeness (QED) is 0.893. The van der Waals surface area contributed by atoms with Crippen molar-refractivity contribution in [2.24, 2.45) is 0 Å². The summed E-state index contributed by atoms with van der Waals surface area (Å²) in [4.78, 5) is 0. The lowest BCUT2D eigenvalue weighted by molar-refractivity contribution is 0.473. The summed E-state index contributed by atoms with van der Waals surface area (Å²) in [5.41, 5.74) is 1.12. The summed E-state index contributed by atoms with van der Waals surface area (Å²) in [6.45, 7) is 5.03. The van der Waals surface area contributed by atoms with Crippen molar-refractivity contribution in [3.05, 3.63) is 48.2 Å². The van der Waals surface area contributed by atoms with Crippen molar-refractivity contribution < 1.29 is 4.42 Å². The van der Waals surface area contributed by atoms with Gasteiger partial charge >= 0.3 is 0 Å². The highest BCUT2D eigenvalue weighted by atomic mass is 35.5. The molecule has 1 aromatic heterocycles. The van der Waals surface area contributed by atoms with Gasteiger partial charge in [0.2, 0.25) is 0 Å². The second kappa shape index (κ2) is 6.48. The molecule has 0 bridgehead atoms. The van der Waals surface area contributed by atoms with E-state index in [4.69, 9.17) is 4.42 Å². The highest BCUT2D eigenvalue weighted by molar-refractivity contribution is 5.85. The zero-order valence-corrected chi connectivity index (χ0v) is 11.0. The van der Waals surface area contributed by atoms with Gasteiger partial charge in [0.15, 0.2) is 0 Å². The van der Waals surface area contributed by atoms with Crippen molar-refractivity contribution in [1.29, 1.82) is 0 Å². The predicted molar refractivity (Wildman–Crippen MR) is 73.4 cm³/mol. The molecule has 0 amide bonds. The molecule has 2 rings (SSSR count). The molecule has 0 aliphatic rings. The summed E-state index contributed by atoms with van der Waals surface area (Å²) in [6.07, 6.45) is 0. The zero-order chi connectivity index (χ0) is 11.4. The number of benzene rings is 1.